The van der Waals surface area contributed by atoms with Crippen LogP contribution in [0.2, 0.25) is 0 Å². The van der Waals surface area contributed by atoms with Crippen molar-refractivity contribution in [1.82, 2.24) is 19.8 Å². The second-order valence-electron chi connectivity index (χ2n) is 5.43. The average molecular weight is 276 g/mol. The van der Waals surface area contributed by atoms with Crippen LogP contribution in [0.3, 0.4) is 0 Å². The van der Waals surface area contributed by atoms with Gasteiger partial charge in [-0.15, -0.1) is 0 Å². The zero-order valence-corrected chi connectivity index (χ0v) is 12.2. The van der Waals surface area contributed by atoms with Crippen molar-refractivity contribution in [2.45, 2.75) is 25.9 Å². The largest absolute Gasteiger partial charge is 0.384 e. The second kappa shape index (κ2) is 5.38. The second-order valence-corrected chi connectivity index (χ2v) is 5.43. The monoisotopic (exact) mass is 276 g/mol. The number of hydrogen-bond acceptors (Lipinski definition) is 5. The van der Waals surface area contributed by atoms with E-state index in [4.69, 9.17) is 9.26 Å². The molecule has 20 heavy (non-hydrogen) atoms. The first-order chi connectivity index (χ1) is 9.67. The number of rotatable bonds is 4. The Kier molecular flexibility index (Phi) is 3.58. The average Bonchev–Trinajstić information content (AvgIpc) is 2.97. The van der Waals surface area contributed by atoms with Crippen molar-refractivity contribution >= 4 is 0 Å². The van der Waals surface area contributed by atoms with Crippen LogP contribution in [0, 0.1) is 6.92 Å². The van der Waals surface area contributed by atoms with E-state index in [2.05, 4.69) is 15.2 Å². The fourth-order valence-electron chi connectivity index (χ4n) is 3.02. The van der Waals surface area contributed by atoms with Gasteiger partial charge in [-0.05, 0) is 6.92 Å². The van der Waals surface area contributed by atoms with Gasteiger partial charge in [-0.3, -0.25) is 9.58 Å². The van der Waals surface area contributed by atoms with Gasteiger partial charge >= 0.3 is 0 Å². The van der Waals surface area contributed by atoms with Gasteiger partial charge in [-0.1, -0.05) is 5.16 Å². The molecule has 1 aliphatic heterocycles. The summed E-state index contributed by atoms with van der Waals surface area (Å²) in [5.74, 6) is 1.21. The fourth-order valence-corrected chi connectivity index (χ4v) is 3.02. The number of aryl methyl sites for hydroxylation is 2. The predicted octanol–water partition coefficient (Wildman–Crippen LogP) is 1.46. The highest BCUT2D eigenvalue weighted by atomic mass is 16.5. The van der Waals surface area contributed by atoms with E-state index in [-0.39, 0.29) is 0 Å². The molecule has 0 radical (unpaired) electrons. The Morgan fingerprint density at radius 1 is 1.50 bits per heavy atom. The minimum Gasteiger partial charge on any atom is -0.384 e. The molecule has 2 aromatic heterocycles. The quantitative estimate of drug-likeness (QED) is 0.846. The molecule has 6 heteroatoms. The lowest BCUT2D eigenvalue weighted by molar-refractivity contribution is 0.131. The van der Waals surface area contributed by atoms with Crippen molar-refractivity contribution < 1.29 is 9.26 Å². The molecule has 0 fully saturated rings. The minimum absolute atomic E-state index is 0.351. The first-order valence-corrected chi connectivity index (χ1v) is 6.81. The molecule has 108 valence electrons. The Morgan fingerprint density at radius 3 is 3.05 bits per heavy atom. The highest BCUT2D eigenvalue weighted by Gasteiger charge is 2.28. The molecule has 1 atom stereocenters. The Morgan fingerprint density at radius 2 is 2.35 bits per heavy atom. The van der Waals surface area contributed by atoms with E-state index in [1.165, 1.54) is 11.3 Å². The van der Waals surface area contributed by atoms with Crippen LogP contribution in [0.5, 0.6) is 0 Å². The number of fused-ring (bicyclic) bond motifs is 1. The van der Waals surface area contributed by atoms with Crippen molar-refractivity contribution in [3.8, 4) is 0 Å². The van der Waals surface area contributed by atoms with Gasteiger partial charge in [0, 0.05) is 57.0 Å². The van der Waals surface area contributed by atoms with Crippen LogP contribution in [0.1, 0.15) is 28.6 Å². The third-order valence-corrected chi connectivity index (χ3v) is 3.75. The molecule has 0 unspecified atom stereocenters. The van der Waals surface area contributed by atoms with Crippen LogP contribution in [0.25, 0.3) is 0 Å². The summed E-state index contributed by atoms with van der Waals surface area (Å²) in [6.07, 6.45) is 1.96. The van der Waals surface area contributed by atoms with Gasteiger partial charge in [-0.25, -0.2) is 0 Å². The highest BCUT2D eigenvalue weighted by molar-refractivity contribution is 5.25. The Hall–Kier alpha value is -1.66. The summed E-state index contributed by atoms with van der Waals surface area (Å²) in [4.78, 5) is 2.37. The van der Waals surface area contributed by atoms with Gasteiger partial charge < -0.3 is 9.26 Å². The summed E-state index contributed by atoms with van der Waals surface area (Å²) in [5, 5.41) is 8.45. The van der Waals surface area contributed by atoms with E-state index in [9.17, 15) is 0 Å². The van der Waals surface area contributed by atoms with Gasteiger partial charge in [0.2, 0.25) is 0 Å². The van der Waals surface area contributed by atoms with E-state index >= 15 is 0 Å². The zero-order valence-electron chi connectivity index (χ0n) is 12.2. The molecule has 3 heterocycles. The topological polar surface area (TPSA) is 56.3 Å². The summed E-state index contributed by atoms with van der Waals surface area (Å²) >= 11 is 0. The molecule has 0 saturated carbocycles. The van der Waals surface area contributed by atoms with Crippen LogP contribution in [0.4, 0.5) is 0 Å². The number of aromatic nitrogens is 3. The molecule has 0 amide bonds. The van der Waals surface area contributed by atoms with Crippen molar-refractivity contribution in [2.75, 3.05) is 20.3 Å². The molecule has 0 saturated heterocycles. The smallest absolute Gasteiger partial charge is 0.133 e. The molecule has 3 rings (SSSR count). The van der Waals surface area contributed by atoms with E-state index in [0.29, 0.717) is 12.5 Å². The summed E-state index contributed by atoms with van der Waals surface area (Å²) in [6.45, 7) is 5.27. The molecule has 0 N–H and O–H groups in total. The lowest BCUT2D eigenvalue weighted by Gasteiger charge is -2.32. The van der Waals surface area contributed by atoms with Gasteiger partial charge in [-0.2, -0.15) is 5.10 Å². The third kappa shape index (κ3) is 2.48. The molecule has 0 aromatic carbocycles. The Labute approximate surface area is 118 Å². The predicted molar refractivity (Wildman–Crippen MR) is 73.2 cm³/mol. The van der Waals surface area contributed by atoms with Crippen LogP contribution < -0.4 is 0 Å². The van der Waals surface area contributed by atoms with Crippen LogP contribution in [-0.4, -0.2) is 40.1 Å². The van der Waals surface area contributed by atoms with Crippen LogP contribution >= 0.6 is 0 Å². The molecule has 0 spiro atoms. The van der Waals surface area contributed by atoms with E-state index in [1.54, 1.807) is 7.11 Å². The van der Waals surface area contributed by atoms with Crippen molar-refractivity contribution in [3.63, 3.8) is 0 Å². The molecule has 6 nitrogen and oxygen atoms in total. The first kappa shape index (κ1) is 13.3. The zero-order chi connectivity index (χ0) is 14.1. The molecular weight excluding hydrogens is 256 g/mol. The van der Waals surface area contributed by atoms with Crippen LogP contribution in [0.15, 0.2) is 16.8 Å². The van der Waals surface area contributed by atoms with Crippen LogP contribution in [-0.2, 0) is 24.9 Å². The third-order valence-electron chi connectivity index (χ3n) is 3.75. The van der Waals surface area contributed by atoms with E-state index < -0.39 is 0 Å². The lowest BCUT2D eigenvalue weighted by Crippen LogP contribution is -2.35. The fraction of sp³-hybridized carbons (Fsp3) is 0.571. The van der Waals surface area contributed by atoms with Crippen molar-refractivity contribution in [1.29, 1.82) is 0 Å². The first-order valence-electron chi connectivity index (χ1n) is 6.81. The van der Waals surface area contributed by atoms with Crippen molar-refractivity contribution in [2.24, 2.45) is 7.05 Å². The molecule has 0 aliphatic carbocycles. The summed E-state index contributed by atoms with van der Waals surface area (Å²) < 4.78 is 12.5. The van der Waals surface area contributed by atoms with E-state index in [1.807, 2.05) is 30.9 Å². The minimum atomic E-state index is 0.351. The van der Waals surface area contributed by atoms with Gasteiger partial charge in [0.1, 0.15) is 5.76 Å². The standard InChI is InChI=1S/C14H20N4O2/c1-10-4-13(16-20-10)8-18-6-11-5-15-17(2)14(11)12(7-18)9-19-3/h4-5,12H,6-9H2,1-3H3/t12-/m1/s1. The molecular formula is C14H20N4O2. The maximum absolute atomic E-state index is 5.36. The normalized spacial score (nSPS) is 19.2. The number of methoxy groups -OCH3 is 1. The molecule has 1 aliphatic rings. The highest BCUT2D eigenvalue weighted by Crippen LogP contribution is 2.28. The van der Waals surface area contributed by atoms with Crippen molar-refractivity contribution in [3.05, 3.63) is 35.0 Å². The summed E-state index contributed by atoms with van der Waals surface area (Å²) in [7, 11) is 3.74. The van der Waals surface area contributed by atoms with Gasteiger partial charge in [0.25, 0.3) is 0 Å². The summed E-state index contributed by atoms with van der Waals surface area (Å²) in [5.41, 5.74) is 3.55. The lowest BCUT2D eigenvalue weighted by atomic mass is 9.97. The molecule has 2 aromatic rings. The Balaban J connectivity index is 1.79. The molecule has 0 bridgehead atoms. The SMILES string of the molecule is COC[C@H]1CN(Cc2cc(C)on2)Cc2cnn(C)c21. The number of hydrogen-bond donors (Lipinski definition) is 0. The number of nitrogens with zero attached hydrogens (tertiary/aromatic N) is 4. The van der Waals surface area contributed by atoms with Gasteiger partial charge in [0.05, 0.1) is 18.5 Å². The summed E-state index contributed by atoms with van der Waals surface area (Å²) in [6, 6.07) is 1.99. The maximum atomic E-state index is 5.36. The maximum Gasteiger partial charge on any atom is 0.133 e. The Bertz CT molecular complexity index is 590. The number of ether oxygens (including phenoxy) is 1. The van der Waals surface area contributed by atoms with Gasteiger partial charge in [0.15, 0.2) is 0 Å². The van der Waals surface area contributed by atoms with E-state index in [0.717, 1.165) is 31.1 Å².